The molecule has 0 amide bonds. The lowest BCUT2D eigenvalue weighted by Crippen LogP contribution is -2.33. The van der Waals surface area contributed by atoms with Gasteiger partial charge in [0.2, 0.25) is 0 Å². The summed E-state index contributed by atoms with van der Waals surface area (Å²) in [5, 5.41) is 9.42. The molecule has 0 radical (unpaired) electrons. The maximum atomic E-state index is 11.5. The number of hydrogen-bond acceptors (Lipinski definition) is 4. The molecule has 1 saturated heterocycles. The number of thioether (sulfide) groups is 1. The van der Waals surface area contributed by atoms with Crippen LogP contribution in [0, 0.1) is 0 Å². The molecule has 0 unspecified atom stereocenters. The van der Waals surface area contributed by atoms with E-state index in [4.69, 9.17) is 4.74 Å². The van der Waals surface area contributed by atoms with Crippen LogP contribution in [-0.4, -0.2) is 47.1 Å². The normalized spacial score (nSPS) is 18.3. The van der Waals surface area contributed by atoms with Crippen LogP contribution in [0.5, 0.6) is 5.75 Å². The lowest BCUT2D eigenvalue weighted by atomic mass is 9.92. The Balaban J connectivity index is 1.70. The molecule has 0 saturated carbocycles. The van der Waals surface area contributed by atoms with Gasteiger partial charge >= 0.3 is 5.97 Å². The second kappa shape index (κ2) is 8.19. The number of carboxylic acids is 1. The average molecular weight is 381 g/mol. The number of benzene rings is 2. The SMILES string of the molecule is O=C(O)c1ccc2c(c1)C(=CCCN1CCSCC1)c1ccccc1CO2. The summed E-state index contributed by atoms with van der Waals surface area (Å²) in [4.78, 5) is 14.0. The van der Waals surface area contributed by atoms with E-state index in [1.165, 1.54) is 11.5 Å². The van der Waals surface area contributed by atoms with Crippen molar-refractivity contribution in [2.75, 3.05) is 31.1 Å². The van der Waals surface area contributed by atoms with Crippen LogP contribution in [-0.2, 0) is 6.61 Å². The van der Waals surface area contributed by atoms with Gasteiger partial charge < -0.3 is 14.7 Å². The van der Waals surface area contributed by atoms with Gasteiger partial charge in [0.05, 0.1) is 5.56 Å². The van der Waals surface area contributed by atoms with Gasteiger partial charge in [-0.2, -0.15) is 11.8 Å². The van der Waals surface area contributed by atoms with E-state index in [1.807, 2.05) is 23.9 Å². The summed E-state index contributed by atoms with van der Waals surface area (Å²) in [7, 11) is 0. The van der Waals surface area contributed by atoms with Gasteiger partial charge in [-0.15, -0.1) is 0 Å². The first-order valence-electron chi connectivity index (χ1n) is 9.31. The van der Waals surface area contributed by atoms with Crippen molar-refractivity contribution in [1.82, 2.24) is 4.90 Å². The minimum absolute atomic E-state index is 0.288. The fourth-order valence-electron chi connectivity index (χ4n) is 3.65. The second-order valence-corrected chi connectivity index (χ2v) is 8.05. The Morgan fingerprint density at radius 3 is 2.78 bits per heavy atom. The third-order valence-corrected chi connectivity index (χ3v) is 6.05. The minimum atomic E-state index is -0.916. The predicted octanol–water partition coefficient (Wildman–Crippen LogP) is 4.15. The van der Waals surface area contributed by atoms with Gasteiger partial charge in [-0.05, 0) is 41.3 Å². The number of hydrogen-bond donors (Lipinski definition) is 1. The van der Waals surface area contributed by atoms with E-state index in [2.05, 4.69) is 23.1 Å². The van der Waals surface area contributed by atoms with Crippen molar-refractivity contribution in [3.63, 3.8) is 0 Å². The van der Waals surface area contributed by atoms with Crippen LogP contribution in [0.15, 0.2) is 48.5 Å². The van der Waals surface area contributed by atoms with Crippen molar-refractivity contribution in [3.05, 3.63) is 70.8 Å². The number of ether oxygens (including phenoxy) is 1. The van der Waals surface area contributed by atoms with E-state index in [0.29, 0.717) is 6.61 Å². The van der Waals surface area contributed by atoms with E-state index in [-0.39, 0.29) is 5.56 Å². The Hall–Kier alpha value is -2.24. The lowest BCUT2D eigenvalue weighted by molar-refractivity contribution is 0.0697. The minimum Gasteiger partial charge on any atom is -0.488 e. The van der Waals surface area contributed by atoms with E-state index in [0.717, 1.165) is 54.1 Å². The molecule has 4 nitrogen and oxygen atoms in total. The summed E-state index contributed by atoms with van der Waals surface area (Å²) in [5.41, 5.74) is 4.50. The molecule has 0 aliphatic carbocycles. The summed E-state index contributed by atoms with van der Waals surface area (Å²) in [6.45, 7) is 3.82. The monoisotopic (exact) mass is 381 g/mol. The van der Waals surface area contributed by atoms with E-state index >= 15 is 0 Å². The molecular formula is C22H23NO3S. The molecule has 0 spiro atoms. The van der Waals surface area contributed by atoms with Crippen molar-refractivity contribution in [2.45, 2.75) is 13.0 Å². The summed E-state index contributed by atoms with van der Waals surface area (Å²) in [6.07, 6.45) is 3.19. The number of carbonyl (C=O) groups is 1. The molecule has 0 bridgehead atoms. The number of fused-ring (bicyclic) bond motifs is 2. The molecule has 140 valence electrons. The maximum absolute atomic E-state index is 11.5. The molecule has 2 aliphatic rings. The van der Waals surface area contributed by atoms with Gasteiger partial charge in [0, 0.05) is 36.7 Å². The average Bonchev–Trinajstić information content (AvgIpc) is 2.86. The molecular weight excluding hydrogens is 358 g/mol. The molecule has 2 aliphatic heterocycles. The molecule has 0 atom stereocenters. The zero-order chi connectivity index (χ0) is 18.6. The molecule has 5 heteroatoms. The largest absolute Gasteiger partial charge is 0.488 e. The van der Waals surface area contributed by atoms with Gasteiger partial charge in [-0.1, -0.05) is 30.3 Å². The topological polar surface area (TPSA) is 49.8 Å². The standard InChI is InChI=1S/C22H23NO3S/c24-22(25)16-7-8-21-20(14-16)19(6-3-9-23-10-12-27-13-11-23)18-5-2-1-4-17(18)15-26-21/h1-2,4-8,14H,3,9-13,15H2,(H,24,25). The molecule has 0 aromatic heterocycles. The first-order valence-corrected chi connectivity index (χ1v) is 10.5. The van der Waals surface area contributed by atoms with Crippen LogP contribution in [0.1, 0.15) is 33.5 Å². The summed E-state index contributed by atoms with van der Waals surface area (Å²) in [6, 6.07) is 13.4. The first kappa shape index (κ1) is 18.1. The van der Waals surface area contributed by atoms with Crippen LogP contribution in [0.3, 0.4) is 0 Å². The Morgan fingerprint density at radius 2 is 1.96 bits per heavy atom. The summed E-state index contributed by atoms with van der Waals surface area (Å²) < 4.78 is 5.99. The van der Waals surface area contributed by atoms with Crippen LogP contribution in [0.25, 0.3) is 5.57 Å². The van der Waals surface area contributed by atoms with Crippen LogP contribution < -0.4 is 4.74 Å². The van der Waals surface area contributed by atoms with Gasteiger partial charge in [0.25, 0.3) is 0 Å². The zero-order valence-corrected chi connectivity index (χ0v) is 16.0. The summed E-state index contributed by atoms with van der Waals surface area (Å²) in [5.74, 6) is 2.24. The predicted molar refractivity (Wildman–Crippen MR) is 110 cm³/mol. The lowest BCUT2D eigenvalue weighted by Gasteiger charge is -2.25. The highest BCUT2D eigenvalue weighted by Gasteiger charge is 2.20. The number of nitrogens with zero attached hydrogens (tertiary/aromatic N) is 1. The molecule has 2 heterocycles. The Morgan fingerprint density at radius 1 is 1.15 bits per heavy atom. The molecule has 2 aromatic rings. The Labute approximate surface area is 163 Å². The van der Waals surface area contributed by atoms with E-state index in [1.54, 1.807) is 18.2 Å². The number of aromatic carboxylic acids is 1. The summed E-state index contributed by atoms with van der Waals surface area (Å²) >= 11 is 2.02. The second-order valence-electron chi connectivity index (χ2n) is 6.82. The number of carboxylic acid groups (broad SMARTS) is 1. The van der Waals surface area contributed by atoms with Crippen LogP contribution in [0.2, 0.25) is 0 Å². The van der Waals surface area contributed by atoms with E-state index < -0.39 is 5.97 Å². The fourth-order valence-corrected chi connectivity index (χ4v) is 4.62. The van der Waals surface area contributed by atoms with Crippen molar-refractivity contribution < 1.29 is 14.6 Å². The molecule has 2 aromatic carbocycles. The maximum Gasteiger partial charge on any atom is 0.335 e. The van der Waals surface area contributed by atoms with Gasteiger partial charge in [0.1, 0.15) is 12.4 Å². The van der Waals surface area contributed by atoms with Crippen LogP contribution in [0.4, 0.5) is 0 Å². The number of rotatable bonds is 4. The Bertz CT molecular complexity index is 872. The van der Waals surface area contributed by atoms with Crippen molar-refractivity contribution >= 4 is 23.3 Å². The highest BCUT2D eigenvalue weighted by molar-refractivity contribution is 7.99. The third kappa shape index (κ3) is 4.04. The van der Waals surface area contributed by atoms with E-state index in [9.17, 15) is 9.90 Å². The molecule has 4 rings (SSSR count). The quantitative estimate of drug-likeness (QED) is 0.862. The molecule has 1 fully saturated rings. The van der Waals surface area contributed by atoms with Gasteiger partial charge in [-0.3, -0.25) is 0 Å². The van der Waals surface area contributed by atoms with Gasteiger partial charge in [-0.25, -0.2) is 4.79 Å². The van der Waals surface area contributed by atoms with Gasteiger partial charge in [0.15, 0.2) is 0 Å². The van der Waals surface area contributed by atoms with Crippen molar-refractivity contribution in [2.24, 2.45) is 0 Å². The smallest absolute Gasteiger partial charge is 0.335 e. The van der Waals surface area contributed by atoms with Crippen molar-refractivity contribution in [3.8, 4) is 5.75 Å². The molecule has 1 N–H and O–H groups in total. The van der Waals surface area contributed by atoms with Crippen LogP contribution >= 0.6 is 11.8 Å². The first-order chi connectivity index (χ1) is 13.2. The molecule has 27 heavy (non-hydrogen) atoms. The van der Waals surface area contributed by atoms with Crippen molar-refractivity contribution in [1.29, 1.82) is 0 Å². The highest BCUT2D eigenvalue weighted by Crippen LogP contribution is 2.37. The fraction of sp³-hybridized carbons (Fsp3) is 0.318. The highest BCUT2D eigenvalue weighted by atomic mass is 32.2. The zero-order valence-electron chi connectivity index (χ0n) is 15.2. The Kier molecular flexibility index (Phi) is 5.50. The third-order valence-electron chi connectivity index (χ3n) is 5.10.